The van der Waals surface area contributed by atoms with Gasteiger partial charge in [-0.25, -0.2) is 4.98 Å². The molecule has 0 bridgehead atoms. The molecule has 0 radical (unpaired) electrons. The van der Waals surface area contributed by atoms with Crippen molar-refractivity contribution in [1.82, 2.24) is 14.9 Å². The van der Waals surface area contributed by atoms with Crippen LogP contribution in [0, 0.1) is 0 Å². The van der Waals surface area contributed by atoms with Gasteiger partial charge in [0.1, 0.15) is 11.6 Å². The first-order chi connectivity index (χ1) is 17.1. The third-order valence-electron chi connectivity index (χ3n) is 5.82. The summed E-state index contributed by atoms with van der Waals surface area (Å²) in [5.41, 5.74) is 2.69. The van der Waals surface area contributed by atoms with Gasteiger partial charge in [0.15, 0.2) is 0 Å². The molecule has 0 aliphatic rings. The summed E-state index contributed by atoms with van der Waals surface area (Å²) in [7, 11) is 0. The molecule has 5 nitrogen and oxygen atoms in total. The Bertz CT molecular complexity index is 1250. The van der Waals surface area contributed by atoms with Crippen LogP contribution in [0.4, 0.5) is 0 Å². The number of amides is 1. The van der Waals surface area contributed by atoms with Crippen LogP contribution in [0.15, 0.2) is 72.8 Å². The summed E-state index contributed by atoms with van der Waals surface area (Å²) in [5, 5.41) is 4.13. The summed E-state index contributed by atoms with van der Waals surface area (Å²) < 4.78 is 8.17. The lowest BCUT2D eigenvalue weighted by atomic mass is 10.1. The minimum absolute atomic E-state index is 0.127. The highest BCUT2D eigenvalue weighted by Gasteiger charge is 2.11. The van der Waals surface area contributed by atoms with Crippen molar-refractivity contribution in [3.05, 3.63) is 94.2 Å². The van der Waals surface area contributed by atoms with Crippen LogP contribution in [0.5, 0.6) is 5.75 Å². The minimum Gasteiger partial charge on any atom is -0.494 e. The Balaban J connectivity index is 1.24. The number of nitrogens with zero attached hydrogens (tertiary/aromatic N) is 2. The van der Waals surface area contributed by atoms with E-state index < -0.39 is 0 Å². The van der Waals surface area contributed by atoms with E-state index in [0.717, 1.165) is 61.3 Å². The highest BCUT2D eigenvalue weighted by atomic mass is 35.5. The molecule has 1 aromatic heterocycles. The number of carbonyl (C=O) groups is 1. The van der Waals surface area contributed by atoms with Gasteiger partial charge in [0, 0.05) is 24.5 Å². The van der Waals surface area contributed by atoms with E-state index in [2.05, 4.69) is 28.1 Å². The molecule has 0 atom stereocenters. The lowest BCUT2D eigenvalue weighted by molar-refractivity contribution is 0.0953. The van der Waals surface area contributed by atoms with E-state index in [0.29, 0.717) is 28.8 Å². The molecule has 0 fully saturated rings. The molecule has 1 heterocycles. The van der Waals surface area contributed by atoms with Crippen molar-refractivity contribution in [1.29, 1.82) is 0 Å². The molecule has 0 aliphatic carbocycles. The average Bonchev–Trinajstić information content (AvgIpc) is 3.22. The number of hydrogen-bond acceptors (Lipinski definition) is 3. The number of unbranched alkanes of at least 4 members (excludes halogenated alkanes) is 2. The SMILES string of the molecule is O=C(NCCCCCc1nc2ccccc2n1CCCOc1ccc(Cl)cc1)c1ccccc1Cl. The summed E-state index contributed by atoms with van der Waals surface area (Å²) in [6.07, 6.45) is 4.69. The molecule has 0 spiro atoms. The second kappa shape index (κ2) is 12.6. The first kappa shape index (κ1) is 25.1. The molecule has 0 saturated carbocycles. The van der Waals surface area contributed by atoms with Gasteiger partial charge in [0.25, 0.3) is 5.91 Å². The highest BCUT2D eigenvalue weighted by molar-refractivity contribution is 6.33. The number of nitrogens with one attached hydrogen (secondary N) is 1. The van der Waals surface area contributed by atoms with Gasteiger partial charge in [-0.15, -0.1) is 0 Å². The summed E-state index contributed by atoms with van der Waals surface area (Å²) in [4.78, 5) is 17.1. The monoisotopic (exact) mass is 509 g/mol. The van der Waals surface area contributed by atoms with Gasteiger partial charge < -0.3 is 14.6 Å². The molecule has 7 heteroatoms. The first-order valence-corrected chi connectivity index (χ1v) is 12.7. The molecule has 0 unspecified atom stereocenters. The molecule has 4 aromatic rings. The number of benzene rings is 3. The van der Waals surface area contributed by atoms with Crippen molar-refractivity contribution >= 4 is 40.1 Å². The van der Waals surface area contributed by atoms with E-state index in [1.165, 1.54) is 0 Å². The van der Waals surface area contributed by atoms with Crippen LogP contribution in [-0.2, 0) is 13.0 Å². The second-order valence-electron chi connectivity index (χ2n) is 8.37. The van der Waals surface area contributed by atoms with Gasteiger partial charge >= 0.3 is 0 Å². The molecular weight excluding hydrogens is 481 g/mol. The number of halogens is 2. The van der Waals surface area contributed by atoms with E-state index >= 15 is 0 Å². The van der Waals surface area contributed by atoms with Crippen LogP contribution in [-0.4, -0.2) is 28.6 Å². The number of imidazole rings is 1. The van der Waals surface area contributed by atoms with Gasteiger partial charge in [-0.05, 0) is 67.8 Å². The van der Waals surface area contributed by atoms with Crippen LogP contribution in [0.1, 0.15) is 41.9 Å². The predicted molar refractivity (Wildman–Crippen MR) is 143 cm³/mol. The molecule has 1 amide bonds. The maximum Gasteiger partial charge on any atom is 0.252 e. The summed E-state index contributed by atoms with van der Waals surface area (Å²) >= 11 is 12.0. The quantitative estimate of drug-likeness (QED) is 0.210. The Kier molecular flexibility index (Phi) is 9.04. The van der Waals surface area contributed by atoms with Gasteiger partial charge in [0.2, 0.25) is 0 Å². The Morgan fingerprint density at radius 1 is 0.886 bits per heavy atom. The van der Waals surface area contributed by atoms with Gasteiger partial charge in [0.05, 0.1) is 28.2 Å². The Morgan fingerprint density at radius 3 is 2.49 bits per heavy atom. The van der Waals surface area contributed by atoms with Crippen molar-refractivity contribution < 1.29 is 9.53 Å². The van der Waals surface area contributed by atoms with Crippen LogP contribution < -0.4 is 10.1 Å². The fourth-order valence-corrected chi connectivity index (χ4v) is 4.38. The molecular formula is C28H29Cl2N3O2. The topological polar surface area (TPSA) is 56.2 Å². The van der Waals surface area contributed by atoms with E-state index in [9.17, 15) is 4.79 Å². The third-order valence-corrected chi connectivity index (χ3v) is 6.40. The number of hydrogen-bond donors (Lipinski definition) is 1. The molecule has 35 heavy (non-hydrogen) atoms. The van der Waals surface area contributed by atoms with E-state index in [1.54, 1.807) is 12.1 Å². The lowest BCUT2D eigenvalue weighted by Gasteiger charge is -2.11. The van der Waals surface area contributed by atoms with Crippen molar-refractivity contribution in [2.24, 2.45) is 0 Å². The van der Waals surface area contributed by atoms with Crippen molar-refractivity contribution in [2.45, 2.75) is 38.6 Å². The maximum absolute atomic E-state index is 12.3. The third kappa shape index (κ3) is 7.00. The molecule has 0 aliphatic heterocycles. The highest BCUT2D eigenvalue weighted by Crippen LogP contribution is 2.20. The Labute approximate surface area is 216 Å². The number of para-hydroxylation sites is 2. The van der Waals surface area contributed by atoms with E-state index in [4.69, 9.17) is 32.9 Å². The molecule has 4 rings (SSSR count). The Morgan fingerprint density at radius 2 is 1.66 bits per heavy atom. The van der Waals surface area contributed by atoms with E-state index in [1.807, 2.05) is 42.5 Å². The van der Waals surface area contributed by atoms with Crippen LogP contribution in [0.3, 0.4) is 0 Å². The normalized spacial score (nSPS) is 11.0. The first-order valence-electron chi connectivity index (χ1n) is 12.0. The van der Waals surface area contributed by atoms with Crippen LogP contribution in [0.25, 0.3) is 11.0 Å². The minimum atomic E-state index is -0.127. The number of aryl methyl sites for hydroxylation is 2. The number of aromatic nitrogens is 2. The maximum atomic E-state index is 12.3. The summed E-state index contributed by atoms with van der Waals surface area (Å²) in [6.45, 7) is 2.10. The lowest BCUT2D eigenvalue weighted by Crippen LogP contribution is -2.24. The summed E-state index contributed by atoms with van der Waals surface area (Å²) in [5.74, 6) is 1.79. The number of carbonyl (C=O) groups excluding carboxylic acids is 1. The van der Waals surface area contributed by atoms with Crippen LogP contribution >= 0.6 is 23.2 Å². The van der Waals surface area contributed by atoms with Crippen LogP contribution in [0.2, 0.25) is 10.0 Å². The van der Waals surface area contributed by atoms with Crippen molar-refractivity contribution in [2.75, 3.05) is 13.2 Å². The molecule has 0 saturated heterocycles. The Hall–Kier alpha value is -3.02. The molecule has 3 aromatic carbocycles. The average molecular weight is 510 g/mol. The standard InChI is InChI=1S/C28H29Cl2N3O2/c29-21-14-16-22(17-15-21)35-20-8-19-33-26-12-6-5-11-25(26)32-27(33)13-2-1-7-18-31-28(34)23-9-3-4-10-24(23)30/h3-6,9-12,14-17H,1-2,7-8,13,18-20H2,(H,31,34). The second-order valence-corrected chi connectivity index (χ2v) is 9.21. The van der Waals surface area contributed by atoms with Gasteiger partial charge in [-0.3, -0.25) is 4.79 Å². The van der Waals surface area contributed by atoms with Crippen molar-refractivity contribution in [3.63, 3.8) is 0 Å². The van der Waals surface area contributed by atoms with Crippen molar-refractivity contribution in [3.8, 4) is 5.75 Å². The largest absolute Gasteiger partial charge is 0.494 e. The zero-order chi connectivity index (χ0) is 24.5. The zero-order valence-electron chi connectivity index (χ0n) is 19.6. The number of rotatable bonds is 12. The number of ether oxygens (including phenoxy) is 1. The summed E-state index contributed by atoms with van der Waals surface area (Å²) in [6, 6.07) is 22.8. The fraction of sp³-hybridized carbons (Fsp3) is 0.286. The van der Waals surface area contributed by atoms with E-state index in [-0.39, 0.29) is 5.91 Å². The fourth-order valence-electron chi connectivity index (χ4n) is 4.04. The smallest absolute Gasteiger partial charge is 0.252 e. The predicted octanol–water partition coefficient (Wildman–Crippen LogP) is 6.96. The van der Waals surface area contributed by atoms with Gasteiger partial charge in [-0.1, -0.05) is 53.9 Å². The number of fused-ring (bicyclic) bond motifs is 1. The van der Waals surface area contributed by atoms with Gasteiger partial charge in [-0.2, -0.15) is 0 Å². The molecule has 1 N–H and O–H groups in total. The molecule has 182 valence electrons. The zero-order valence-corrected chi connectivity index (χ0v) is 21.1.